The molecule has 4 heteroatoms. The van der Waals surface area contributed by atoms with E-state index in [-0.39, 0.29) is 5.78 Å². The van der Waals surface area contributed by atoms with Crippen molar-refractivity contribution in [3.8, 4) is 11.5 Å². The van der Waals surface area contributed by atoms with Crippen LogP contribution in [-0.4, -0.2) is 31.0 Å². The maximum absolute atomic E-state index is 12.1. The van der Waals surface area contributed by atoms with Crippen LogP contribution in [-0.2, 0) is 0 Å². The topological polar surface area (TPSA) is 35.5 Å². The highest BCUT2D eigenvalue weighted by molar-refractivity contribution is 7.99. The van der Waals surface area contributed by atoms with Crippen LogP contribution in [0.4, 0.5) is 0 Å². The van der Waals surface area contributed by atoms with E-state index < -0.39 is 0 Å². The Morgan fingerprint density at radius 1 is 1.28 bits per heavy atom. The molecule has 3 nitrogen and oxygen atoms in total. The average molecular weight is 268 g/mol. The van der Waals surface area contributed by atoms with Gasteiger partial charge >= 0.3 is 0 Å². The minimum absolute atomic E-state index is 0.114. The van der Waals surface area contributed by atoms with Gasteiger partial charge in [0.25, 0.3) is 0 Å². The van der Waals surface area contributed by atoms with Crippen molar-refractivity contribution in [3.05, 3.63) is 23.8 Å². The fourth-order valence-electron chi connectivity index (χ4n) is 1.55. The minimum Gasteiger partial charge on any atom is -0.497 e. The molecule has 0 bridgehead atoms. The molecule has 0 N–H and O–H groups in total. The summed E-state index contributed by atoms with van der Waals surface area (Å²) in [6.07, 6.45) is 0.533. The number of methoxy groups -OCH3 is 2. The molecule has 0 heterocycles. The van der Waals surface area contributed by atoms with Crippen LogP contribution in [0.25, 0.3) is 0 Å². The van der Waals surface area contributed by atoms with Gasteiger partial charge in [0.15, 0.2) is 5.78 Å². The van der Waals surface area contributed by atoms with Crippen molar-refractivity contribution in [2.24, 2.45) is 0 Å². The molecule has 1 aromatic rings. The molecule has 100 valence electrons. The second-order valence-corrected chi connectivity index (χ2v) is 5.84. The minimum atomic E-state index is 0.114. The van der Waals surface area contributed by atoms with Gasteiger partial charge in [-0.25, -0.2) is 0 Å². The fourth-order valence-corrected chi connectivity index (χ4v) is 2.33. The molecule has 0 aliphatic carbocycles. The number of ketones is 1. The molecule has 0 amide bonds. The van der Waals surface area contributed by atoms with E-state index in [0.29, 0.717) is 28.7 Å². The molecule has 0 spiro atoms. The molecular formula is C14H20O3S. The molecule has 0 aliphatic rings. The fraction of sp³-hybridized carbons (Fsp3) is 0.500. The molecule has 0 saturated carbocycles. The standard InChI is InChI=1S/C14H20O3S/c1-10(2)18-8-7-13(15)12-6-5-11(16-3)9-14(12)17-4/h5-6,9-10H,7-8H2,1-4H3. The lowest BCUT2D eigenvalue weighted by atomic mass is 10.1. The first-order valence-electron chi connectivity index (χ1n) is 5.95. The number of ether oxygens (including phenoxy) is 2. The first-order chi connectivity index (χ1) is 8.58. The van der Waals surface area contributed by atoms with Crippen LogP contribution in [0.15, 0.2) is 18.2 Å². The van der Waals surface area contributed by atoms with E-state index in [1.54, 1.807) is 44.2 Å². The predicted octanol–water partition coefficient (Wildman–Crippen LogP) is 3.42. The zero-order valence-electron chi connectivity index (χ0n) is 11.4. The maximum Gasteiger partial charge on any atom is 0.167 e. The van der Waals surface area contributed by atoms with Gasteiger partial charge in [0.05, 0.1) is 19.8 Å². The van der Waals surface area contributed by atoms with Crippen LogP contribution in [0, 0.1) is 0 Å². The number of Topliss-reactive ketones (excluding diaryl/α,β-unsaturated/α-hetero) is 1. The highest BCUT2D eigenvalue weighted by Gasteiger charge is 2.13. The van der Waals surface area contributed by atoms with E-state index in [1.165, 1.54) is 0 Å². The van der Waals surface area contributed by atoms with Gasteiger partial charge < -0.3 is 9.47 Å². The van der Waals surface area contributed by atoms with Crippen LogP contribution >= 0.6 is 11.8 Å². The van der Waals surface area contributed by atoms with Gasteiger partial charge in [-0.1, -0.05) is 13.8 Å². The zero-order chi connectivity index (χ0) is 13.5. The second-order valence-electron chi connectivity index (χ2n) is 4.16. The molecule has 0 atom stereocenters. The Hall–Kier alpha value is -1.16. The van der Waals surface area contributed by atoms with Gasteiger partial charge in [0.1, 0.15) is 11.5 Å². The van der Waals surface area contributed by atoms with E-state index in [1.807, 2.05) is 0 Å². The number of benzene rings is 1. The van der Waals surface area contributed by atoms with Gasteiger partial charge in [0.2, 0.25) is 0 Å². The highest BCUT2D eigenvalue weighted by atomic mass is 32.2. The summed E-state index contributed by atoms with van der Waals surface area (Å²) in [5, 5.41) is 0.551. The Labute approximate surface area is 113 Å². The molecule has 0 aliphatic heterocycles. The second kappa shape index (κ2) is 7.31. The van der Waals surface area contributed by atoms with E-state index in [9.17, 15) is 4.79 Å². The van der Waals surface area contributed by atoms with Crippen molar-refractivity contribution in [3.63, 3.8) is 0 Å². The third kappa shape index (κ3) is 4.26. The average Bonchev–Trinajstić information content (AvgIpc) is 2.37. The van der Waals surface area contributed by atoms with Crippen LogP contribution in [0.2, 0.25) is 0 Å². The molecule has 1 aromatic carbocycles. The maximum atomic E-state index is 12.1. The molecule has 0 radical (unpaired) electrons. The summed E-state index contributed by atoms with van der Waals surface area (Å²) in [6, 6.07) is 5.29. The van der Waals surface area contributed by atoms with Crippen molar-refractivity contribution in [1.29, 1.82) is 0 Å². The summed E-state index contributed by atoms with van der Waals surface area (Å²) in [5.41, 5.74) is 0.627. The summed E-state index contributed by atoms with van der Waals surface area (Å²) in [4.78, 5) is 12.1. The number of carbonyl (C=O) groups is 1. The predicted molar refractivity (Wildman–Crippen MR) is 76.1 cm³/mol. The van der Waals surface area contributed by atoms with Crippen molar-refractivity contribution >= 4 is 17.5 Å². The quantitative estimate of drug-likeness (QED) is 0.710. The van der Waals surface area contributed by atoms with E-state index in [2.05, 4.69) is 13.8 Å². The molecule has 18 heavy (non-hydrogen) atoms. The molecule has 0 unspecified atom stereocenters. The van der Waals surface area contributed by atoms with Gasteiger partial charge in [0, 0.05) is 18.2 Å². The summed E-state index contributed by atoms with van der Waals surface area (Å²) >= 11 is 1.79. The van der Waals surface area contributed by atoms with Gasteiger partial charge in [-0.05, 0) is 17.4 Å². The van der Waals surface area contributed by atoms with Gasteiger partial charge in [-0.3, -0.25) is 4.79 Å². The van der Waals surface area contributed by atoms with Crippen LogP contribution in [0.1, 0.15) is 30.6 Å². The van der Waals surface area contributed by atoms with E-state index in [0.717, 1.165) is 5.75 Å². The normalized spacial score (nSPS) is 10.5. The first-order valence-corrected chi connectivity index (χ1v) is 7.00. The smallest absolute Gasteiger partial charge is 0.167 e. The largest absolute Gasteiger partial charge is 0.497 e. The van der Waals surface area contributed by atoms with Crippen molar-refractivity contribution < 1.29 is 14.3 Å². The number of carbonyl (C=O) groups excluding carboxylic acids is 1. The Bertz CT molecular complexity index is 402. The Morgan fingerprint density at radius 2 is 2.00 bits per heavy atom. The Morgan fingerprint density at radius 3 is 2.56 bits per heavy atom. The summed E-state index contributed by atoms with van der Waals surface area (Å²) in [7, 11) is 3.16. The lowest BCUT2D eigenvalue weighted by molar-refractivity contribution is 0.0986. The number of hydrogen-bond acceptors (Lipinski definition) is 4. The summed E-state index contributed by atoms with van der Waals surface area (Å²) in [6.45, 7) is 4.26. The summed E-state index contributed by atoms with van der Waals surface area (Å²) < 4.78 is 10.3. The lowest BCUT2D eigenvalue weighted by Crippen LogP contribution is -2.04. The lowest BCUT2D eigenvalue weighted by Gasteiger charge is -2.10. The van der Waals surface area contributed by atoms with Crippen LogP contribution in [0.3, 0.4) is 0 Å². The van der Waals surface area contributed by atoms with E-state index >= 15 is 0 Å². The third-order valence-electron chi connectivity index (χ3n) is 2.49. The molecule has 0 aromatic heterocycles. The van der Waals surface area contributed by atoms with Gasteiger partial charge in [-0.15, -0.1) is 0 Å². The summed E-state index contributed by atoms with van der Waals surface area (Å²) in [5.74, 6) is 2.22. The first kappa shape index (κ1) is 14.9. The zero-order valence-corrected chi connectivity index (χ0v) is 12.2. The molecule has 0 fully saturated rings. The van der Waals surface area contributed by atoms with Crippen LogP contribution < -0.4 is 9.47 Å². The monoisotopic (exact) mass is 268 g/mol. The molecule has 1 rings (SSSR count). The Balaban J connectivity index is 2.72. The number of thioether (sulfide) groups is 1. The van der Waals surface area contributed by atoms with Crippen molar-refractivity contribution in [2.45, 2.75) is 25.5 Å². The number of rotatable bonds is 7. The molecular weight excluding hydrogens is 248 g/mol. The third-order valence-corrected chi connectivity index (χ3v) is 3.60. The number of hydrogen-bond donors (Lipinski definition) is 0. The SMILES string of the molecule is COc1ccc(C(=O)CCSC(C)C)c(OC)c1. The molecule has 0 saturated heterocycles. The Kier molecular flexibility index (Phi) is 6.05. The van der Waals surface area contributed by atoms with Gasteiger partial charge in [-0.2, -0.15) is 11.8 Å². The van der Waals surface area contributed by atoms with Crippen molar-refractivity contribution in [1.82, 2.24) is 0 Å². The van der Waals surface area contributed by atoms with Crippen molar-refractivity contribution in [2.75, 3.05) is 20.0 Å². The van der Waals surface area contributed by atoms with Crippen LogP contribution in [0.5, 0.6) is 11.5 Å². The highest BCUT2D eigenvalue weighted by Crippen LogP contribution is 2.26. The van der Waals surface area contributed by atoms with E-state index in [4.69, 9.17) is 9.47 Å².